The van der Waals surface area contributed by atoms with Crippen molar-refractivity contribution >= 4 is 117 Å². The van der Waals surface area contributed by atoms with Crippen LogP contribution in [-0.2, 0) is 26.6 Å². The Kier molecular flexibility index (Phi) is 23.6. The Balaban J connectivity index is 4.46. The minimum atomic E-state index is -2.70. The molecule has 0 aromatic carbocycles. The summed E-state index contributed by atoms with van der Waals surface area (Å²) in [5.41, 5.74) is 0.192. The Morgan fingerprint density at radius 2 is 0.921 bits per heavy atom. The van der Waals surface area contributed by atoms with Crippen molar-refractivity contribution in [2.75, 3.05) is 66.7 Å². The van der Waals surface area contributed by atoms with E-state index in [0.29, 0.717) is 11.5 Å². The van der Waals surface area contributed by atoms with Gasteiger partial charge in [-0.1, -0.05) is 13.8 Å². The van der Waals surface area contributed by atoms with Gasteiger partial charge in [-0.05, 0) is 80.3 Å². The molecule has 0 N–H and O–H groups in total. The molecule has 2 amide bonds. The fourth-order valence-electron chi connectivity index (χ4n) is 3.19. The third-order valence-corrected chi connectivity index (χ3v) is 21.8. The summed E-state index contributed by atoms with van der Waals surface area (Å²) in [6.45, 7) is 4.07. The third kappa shape index (κ3) is 13.1. The lowest BCUT2D eigenvalue weighted by molar-refractivity contribution is 0.112. The number of hydrogen-bond acceptors (Lipinski definition) is 16. The van der Waals surface area contributed by atoms with Crippen molar-refractivity contribution in [2.45, 2.75) is 37.8 Å². The molecule has 0 fully saturated rings. The van der Waals surface area contributed by atoms with Gasteiger partial charge in [0.05, 0.1) is 0 Å². The summed E-state index contributed by atoms with van der Waals surface area (Å²) in [6.07, 6.45) is 5.27. The summed E-state index contributed by atoms with van der Waals surface area (Å²) in [5, 5.41) is -0.191. The first kappa shape index (κ1) is 39.9. The quantitative estimate of drug-likeness (QED) is 0.0501. The van der Waals surface area contributed by atoms with Gasteiger partial charge in [-0.25, -0.2) is 7.42 Å². The Morgan fingerprint density at radius 1 is 0.632 bits per heavy atom. The highest BCUT2D eigenvalue weighted by Gasteiger charge is 2.45. The SMILES string of the molecule is CO[Si](OC)(OC)C(C)CCSN(SC)C(=O)SSSSC(=O)N(SC)SCCC(C)[Si](OC)(OC)OC. The van der Waals surface area contributed by atoms with E-state index in [1.165, 1.54) is 67.4 Å². The van der Waals surface area contributed by atoms with Crippen molar-refractivity contribution in [1.82, 2.24) is 7.42 Å². The molecule has 0 aromatic heterocycles. The molecule has 0 aliphatic carbocycles. The molecule has 0 aliphatic heterocycles. The predicted octanol–water partition coefficient (Wildman–Crippen LogP) is 7.68. The van der Waals surface area contributed by atoms with Crippen LogP contribution in [0, 0.1) is 0 Å². The second-order valence-corrected chi connectivity index (χ2v) is 23.6. The molecular weight excluding hydrogens is 685 g/mol. The molecule has 0 aliphatic rings. The molecule has 0 spiro atoms. The van der Waals surface area contributed by atoms with E-state index >= 15 is 0 Å². The van der Waals surface area contributed by atoms with Gasteiger partial charge in [-0.2, -0.15) is 0 Å². The van der Waals surface area contributed by atoms with E-state index < -0.39 is 17.6 Å². The van der Waals surface area contributed by atoms with Crippen molar-refractivity contribution in [1.29, 1.82) is 0 Å². The molecule has 0 aromatic rings. The van der Waals surface area contributed by atoms with Crippen molar-refractivity contribution in [3.05, 3.63) is 0 Å². The molecular formula is C18H40N2O8S8Si2. The molecule has 10 nitrogen and oxygen atoms in total. The zero-order valence-electron chi connectivity index (χ0n) is 23.4. The maximum Gasteiger partial charge on any atom is 0.503 e. The first-order chi connectivity index (χ1) is 18.1. The van der Waals surface area contributed by atoms with Gasteiger partial charge in [0.2, 0.25) is 0 Å². The molecule has 0 bridgehead atoms. The van der Waals surface area contributed by atoms with Crippen LogP contribution in [0.15, 0.2) is 0 Å². The first-order valence-corrected chi connectivity index (χ1v) is 23.8. The van der Waals surface area contributed by atoms with Gasteiger partial charge >= 0.3 is 28.1 Å². The van der Waals surface area contributed by atoms with Gasteiger partial charge in [-0.3, -0.25) is 9.59 Å². The number of carbonyl (C=O) groups excluding carboxylic acids is 2. The summed E-state index contributed by atoms with van der Waals surface area (Å²) < 4.78 is 36.5. The topological polar surface area (TPSA) is 96.0 Å². The van der Waals surface area contributed by atoms with E-state index in [2.05, 4.69) is 0 Å². The lowest BCUT2D eigenvalue weighted by Gasteiger charge is -2.30. The highest BCUT2D eigenvalue weighted by molar-refractivity contribution is 9.29. The van der Waals surface area contributed by atoms with Crippen LogP contribution in [0.1, 0.15) is 26.7 Å². The monoisotopic (exact) mass is 724 g/mol. The summed E-state index contributed by atoms with van der Waals surface area (Å²) in [4.78, 5) is 25.2. The minimum Gasteiger partial charge on any atom is -0.377 e. The zero-order valence-corrected chi connectivity index (χ0v) is 31.9. The number of rotatable bonds is 21. The fourth-order valence-corrected chi connectivity index (χ4v) is 17.2. The lowest BCUT2D eigenvalue weighted by Crippen LogP contribution is -2.46. The van der Waals surface area contributed by atoms with Gasteiger partial charge in [0.1, 0.15) is 0 Å². The van der Waals surface area contributed by atoms with E-state index in [4.69, 9.17) is 26.6 Å². The van der Waals surface area contributed by atoms with Crippen LogP contribution < -0.4 is 0 Å². The van der Waals surface area contributed by atoms with Crippen LogP contribution in [0.5, 0.6) is 0 Å². The fraction of sp³-hybridized carbons (Fsp3) is 0.889. The Labute approximate surface area is 263 Å². The normalized spacial score (nSPS) is 13.8. The third-order valence-electron chi connectivity index (χ3n) is 5.30. The summed E-state index contributed by atoms with van der Waals surface area (Å²) >= 11 is 5.59. The number of hydrogen-bond donors (Lipinski definition) is 0. The van der Waals surface area contributed by atoms with Crippen molar-refractivity contribution < 1.29 is 36.1 Å². The van der Waals surface area contributed by atoms with Gasteiger partial charge in [0.15, 0.2) is 0 Å². The van der Waals surface area contributed by atoms with Crippen LogP contribution in [-0.4, -0.2) is 102 Å². The number of nitrogens with zero attached hydrogens (tertiary/aromatic N) is 2. The van der Waals surface area contributed by atoms with Crippen LogP contribution in [0.3, 0.4) is 0 Å². The van der Waals surface area contributed by atoms with Gasteiger partial charge in [0.25, 0.3) is 0 Å². The summed E-state index contributed by atoms with van der Waals surface area (Å²) in [5.74, 6) is 1.43. The highest BCUT2D eigenvalue weighted by Crippen LogP contribution is 2.47. The van der Waals surface area contributed by atoms with Crippen LogP contribution in [0.2, 0.25) is 11.1 Å². The van der Waals surface area contributed by atoms with E-state index in [9.17, 15) is 9.59 Å². The number of amides is 2. The van der Waals surface area contributed by atoms with Crippen molar-refractivity contribution in [3.63, 3.8) is 0 Å². The highest BCUT2D eigenvalue weighted by atomic mass is 33.7. The largest absolute Gasteiger partial charge is 0.503 e. The van der Waals surface area contributed by atoms with Gasteiger partial charge in [-0.15, -0.1) is 0 Å². The average molecular weight is 725 g/mol. The van der Waals surface area contributed by atoms with Crippen LogP contribution in [0.4, 0.5) is 9.59 Å². The first-order valence-electron chi connectivity index (χ1n) is 11.1. The Hall–Kier alpha value is 1.93. The van der Waals surface area contributed by atoms with Gasteiger partial charge in [0, 0.05) is 99.3 Å². The van der Waals surface area contributed by atoms with Crippen LogP contribution >= 0.6 is 89.0 Å². The Morgan fingerprint density at radius 3 is 1.16 bits per heavy atom. The second kappa shape index (κ2) is 22.5. The Bertz CT molecular complexity index is 603. The summed E-state index contributed by atoms with van der Waals surface area (Å²) in [7, 11) is 8.95. The molecule has 2 atom stereocenters. The second-order valence-electron chi connectivity index (χ2n) is 7.19. The lowest BCUT2D eigenvalue weighted by atomic mass is 10.4. The maximum atomic E-state index is 12.6. The molecule has 38 heavy (non-hydrogen) atoms. The van der Waals surface area contributed by atoms with E-state index in [0.717, 1.165) is 34.4 Å². The van der Waals surface area contributed by atoms with Gasteiger partial charge < -0.3 is 26.6 Å². The predicted molar refractivity (Wildman–Crippen MR) is 178 cm³/mol. The zero-order chi connectivity index (χ0) is 29.2. The number of carbonyl (C=O) groups is 2. The molecule has 226 valence electrons. The summed E-state index contributed by atoms with van der Waals surface area (Å²) in [6, 6.07) is 0. The maximum absolute atomic E-state index is 12.6. The van der Waals surface area contributed by atoms with E-state index in [-0.39, 0.29) is 21.6 Å². The molecule has 0 radical (unpaired) electrons. The average Bonchev–Trinajstić information content (AvgIpc) is 2.93. The molecule has 0 rings (SSSR count). The van der Waals surface area contributed by atoms with Crippen molar-refractivity contribution in [2.24, 2.45) is 0 Å². The minimum absolute atomic E-state index is 0.0957. The molecule has 20 heteroatoms. The smallest absolute Gasteiger partial charge is 0.377 e. The molecule has 2 unspecified atom stereocenters. The van der Waals surface area contributed by atoms with E-state index in [1.807, 2.05) is 26.4 Å². The molecule has 0 saturated carbocycles. The van der Waals surface area contributed by atoms with Crippen LogP contribution in [0.25, 0.3) is 0 Å². The standard InChI is InChI=1S/C18H40N2O8S8Si2/c1-15(37(23-3,24-4)25-5)11-13-31-19(29-9)17(21)33-35-36-34-18(22)20(30-10)32-14-12-16(2)38(26-6,27-7)28-8/h15-16H,11-14H2,1-10H3. The molecule has 0 saturated heterocycles. The van der Waals surface area contributed by atoms with E-state index in [1.54, 1.807) is 50.1 Å². The molecule has 0 heterocycles. The van der Waals surface area contributed by atoms with Crippen molar-refractivity contribution in [3.8, 4) is 0 Å².